The zero-order valence-electron chi connectivity index (χ0n) is 9.68. The molecular formula is C12H9ClN6. The number of rotatable bonds is 3. The van der Waals surface area contributed by atoms with Crippen LogP contribution in [0.2, 0.25) is 5.02 Å². The predicted octanol–water partition coefficient (Wildman–Crippen LogP) is 2.12. The van der Waals surface area contributed by atoms with E-state index in [0.29, 0.717) is 16.2 Å². The average Bonchev–Trinajstić information content (AvgIpc) is 2.39. The summed E-state index contributed by atoms with van der Waals surface area (Å²) in [6.07, 6.45) is 1.66. The second kappa shape index (κ2) is 5.33. The van der Waals surface area contributed by atoms with E-state index in [1.165, 1.54) is 0 Å². The summed E-state index contributed by atoms with van der Waals surface area (Å²) in [6, 6.07) is 8.79. The molecule has 6 nitrogen and oxygen atoms in total. The van der Waals surface area contributed by atoms with Crippen LogP contribution in [-0.2, 0) is 0 Å². The Kier molecular flexibility index (Phi) is 3.59. The average molecular weight is 273 g/mol. The van der Waals surface area contributed by atoms with Gasteiger partial charge in [-0.25, -0.2) is 0 Å². The van der Waals surface area contributed by atoms with Gasteiger partial charge in [0.15, 0.2) is 5.84 Å². The molecule has 4 N–H and O–H groups in total. The number of fused-ring (bicyclic) bond motifs is 1. The molecule has 0 amide bonds. The van der Waals surface area contributed by atoms with Crippen LogP contribution in [0, 0.1) is 16.7 Å². The largest absolute Gasteiger partial charge is 0.382 e. The minimum atomic E-state index is -0.399. The maximum absolute atomic E-state index is 8.72. The van der Waals surface area contributed by atoms with Gasteiger partial charge in [-0.15, -0.1) is 0 Å². The van der Waals surface area contributed by atoms with Crippen LogP contribution in [0.1, 0.15) is 0 Å². The molecule has 1 aromatic heterocycles. The number of pyridine rings is 1. The molecule has 2 aromatic rings. The normalized spacial score (nSPS) is 11.1. The molecule has 0 saturated carbocycles. The molecule has 7 heteroatoms. The molecule has 0 aliphatic carbocycles. The van der Waals surface area contributed by atoms with E-state index in [1.807, 2.05) is 6.07 Å². The molecule has 1 heterocycles. The molecule has 19 heavy (non-hydrogen) atoms. The minimum absolute atomic E-state index is 0.192. The van der Waals surface area contributed by atoms with Gasteiger partial charge < -0.3 is 5.73 Å². The number of nitrogens with two attached hydrogens (primary N) is 1. The van der Waals surface area contributed by atoms with Crippen molar-refractivity contribution in [3.05, 3.63) is 35.5 Å². The number of nitrogens with one attached hydrogen (secondary N) is 2. The first-order valence-electron chi connectivity index (χ1n) is 5.24. The highest BCUT2D eigenvalue weighted by Crippen LogP contribution is 2.25. The smallest absolute Gasteiger partial charge is 0.201 e. The molecule has 0 bridgehead atoms. The van der Waals surface area contributed by atoms with Gasteiger partial charge in [-0.3, -0.25) is 15.8 Å². The number of anilines is 1. The zero-order valence-corrected chi connectivity index (χ0v) is 10.4. The monoisotopic (exact) mass is 272 g/mol. The van der Waals surface area contributed by atoms with Crippen molar-refractivity contribution in [1.82, 2.24) is 4.98 Å². The van der Waals surface area contributed by atoms with E-state index in [9.17, 15) is 0 Å². The maximum Gasteiger partial charge on any atom is 0.201 e. The highest BCUT2D eigenvalue weighted by atomic mass is 35.5. The number of hydrazone groups is 1. The summed E-state index contributed by atoms with van der Waals surface area (Å²) in [7, 11) is 0. The standard InChI is InChI=1S/C12H9ClN6/c13-9-5-8(18-19-10(6-14)12(15)16)4-7-2-1-3-17-11(7)9/h1-5,18H,(H3,15,16)/b19-10+. The Morgan fingerprint density at radius 2 is 2.32 bits per heavy atom. The highest BCUT2D eigenvalue weighted by molar-refractivity contribution is 6.45. The lowest BCUT2D eigenvalue weighted by Crippen LogP contribution is -2.21. The van der Waals surface area contributed by atoms with Crippen molar-refractivity contribution in [2.75, 3.05) is 5.43 Å². The minimum Gasteiger partial charge on any atom is -0.382 e. The lowest BCUT2D eigenvalue weighted by molar-refractivity contribution is 1.33. The molecule has 0 fully saturated rings. The van der Waals surface area contributed by atoms with Crippen molar-refractivity contribution in [3.8, 4) is 6.07 Å². The van der Waals surface area contributed by atoms with Crippen molar-refractivity contribution in [3.63, 3.8) is 0 Å². The lowest BCUT2D eigenvalue weighted by Gasteiger charge is -2.05. The Hall–Kier alpha value is -2.65. The summed E-state index contributed by atoms with van der Waals surface area (Å²) in [4.78, 5) is 4.16. The summed E-state index contributed by atoms with van der Waals surface area (Å²) in [5, 5.41) is 20.9. The van der Waals surface area contributed by atoms with Crippen LogP contribution in [0.5, 0.6) is 0 Å². The number of halogens is 1. The van der Waals surface area contributed by atoms with Crippen LogP contribution >= 0.6 is 11.6 Å². The van der Waals surface area contributed by atoms with Gasteiger partial charge in [0.05, 0.1) is 16.2 Å². The second-order valence-electron chi connectivity index (χ2n) is 3.63. The van der Waals surface area contributed by atoms with Gasteiger partial charge in [0, 0.05) is 11.6 Å². The van der Waals surface area contributed by atoms with Crippen molar-refractivity contribution in [1.29, 1.82) is 10.7 Å². The first-order chi connectivity index (χ1) is 9.11. The van der Waals surface area contributed by atoms with E-state index in [1.54, 1.807) is 30.5 Å². The van der Waals surface area contributed by atoms with Crippen LogP contribution in [0.25, 0.3) is 10.9 Å². The molecule has 94 valence electrons. The number of nitriles is 1. The van der Waals surface area contributed by atoms with Crippen molar-refractivity contribution < 1.29 is 0 Å². The number of nitrogens with zero attached hydrogens (tertiary/aromatic N) is 3. The fourth-order valence-electron chi connectivity index (χ4n) is 1.48. The lowest BCUT2D eigenvalue weighted by atomic mass is 10.2. The SMILES string of the molecule is N#C/C(=N\Nc1cc(Cl)c2ncccc2c1)C(=N)N. The van der Waals surface area contributed by atoms with Gasteiger partial charge in [0.25, 0.3) is 0 Å². The van der Waals surface area contributed by atoms with Gasteiger partial charge in [-0.05, 0) is 18.2 Å². The maximum atomic E-state index is 8.72. The van der Waals surface area contributed by atoms with E-state index in [4.69, 9.17) is 28.0 Å². The van der Waals surface area contributed by atoms with E-state index in [0.717, 1.165) is 5.39 Å². The Morgan fingerprint density at radius 3 is 3.00 bits per heavy atom. The summed E-state index contributed by atoms with van der Waals surface area (Å²) in [5.41, 5.74) is 8.90. The number of aromatic nitrogens is 1. The molecule has 0 unspecified atom stereocenters. The van der Waals surface area contributed by atoms with Gasteiger partial charge in [-0.1, -0.05) is 17.7 Å². The summed E-state index contributed by atoms with van der Waals surface area (Å²) in [6.45, 7) is 0. The Balaban J connectivity index is 2.37. The van der Waals surface area contributed by atoms with Gasteiger partial charge in [0.2, 0.25) is 5.71 Å². The van der Waals surface area contributed by atoms with Gasteiger partial charge in [0.1, 0.15) is 6.07 Å². The fourth-order valence-corrected chi connectivity index (χ4v) is 1.75. The Morgan fingerprint density at radius 1 is 1.53 bits per heavy atom. The molecular weight excluding hydrogens is 264 g/mol. The van der Waals surface area contributed by atoms with Gasteiger partial charge >= 0.3 is 0 Å². The first kappa shape index (κ1) is 12.8. The molecule has 0 spiro atoms. The Bertz CT molecular complexity index is 716. The predicted molar refractivity (Wildman–Crippen MR) is 75.3 cm³/mol. The number of amidine groups is 1. The number of hydrogen-bond acceptors (Lipinski definition) is 5. The first-order valence-corrected chi connectivity index (χ1v) is 5.62. The van der Waals surface area contributed by atoms with E-state index >= 15 is 0 Å². The second-order valence-corrected chi connectivity index (χ2v) is 4.04. The third kappa shape index (κ3) is 2.78. The molecule has 1 aromatic carbocycles. The Labute approximate surface area is 114 Å². The third-order valence-electron chi connectivity index (χ3n) is 2.32. The fraction of sp³-hybridized carbons (Fsp3) is 0. The van der Waals surface area contributed by atoms with Gasteiger partial charge in [-0.2, -0.15) is 10.4 Å². The van der Waals surface area contributed by atoms with Crippen LogP contribution < -0.4 is 11.2 Å². The topological polar surface area (TPSA) is 111 Å². The van der Waals surface area contributed by atoms with Crippen molar-refractivity contribution in [2.45, 2.75) is 0 Å². The molecule has 0 aliphatic heterocycles. The van der Waals surface area contributed by atoms with Crippen LogP contribution in [-0.4, -0.2) is 16.5 Å². The number of benzene rings is 1. The van der Waals surface area contributed by atoms with Crippen LogP contribution in [0.4, 0.5) is 5.69 Å². The van der Waals surface area contributed by atoms with Crippen LogP contribution in [0.15, 0.2) is 35.6 Å². The molecule has 0 atom stereocenters. The summed E-state index contributed by atoms with van der Waals surface area (Å²) >= 11 is 6.09. The van der Waals surface area contributed by atoms with E-state index in [-0.39, 0.29) is 5.71 Å². The molecule has 0 aliphatic rings. The van der Waals surface area contributed by atoms with E-state index < -0.39 is 5.84 Å². The molecule has 2 rings (SSSR count). The molecule has 0 radical (unpaired) electrons. The number of hydrogen-bond donors (Lipinski definition) is 3. The molecule has 0 saturated heterocycles. The van der Waals surface area contributed by atoms with Crippen LogP contribution in [0.3, 0.4) is 0 Å². The van der Waals surface area contributed by atoms with E-state index in [2.05, 4.69) is 15.5 Å². The third-order valence-corrected chi connectivity index (χ3v) is 2.60. The van der Waals surface area contributed by atoms with Crippen molar-refractivity contribution in [2.24, 2.45) is 10.8 Å². The summed E-state index contributed by atoms with van der Waals surface area (Å²) < 4.78 is 0. The van der Waals surface area contributed by atoms with Crippen molar-refractivity contribution >= 4 is 39.7 Å². The summed E-state index contributed by atoms with van der Waals surface area (Å²) in [5.74, 6) is -0.399. The zero-order chi connectivity index (χ0) is 13.8. The quantitative estimate of drug-likeness (QED) is 0.451. The highest BCUT2D eigenvalue weighted by Gasteiger charge is 2.04.